The predicted molar refractivity (Wildman–Crippen MR) is 91.2 cm³/mol. The first-order valence-electron chi connectivity index (χ1n) is 7.05. The minimum Gasteiger partial charge on any atom is -0.291 e. The molecule has 0 spiro atoms. The third kappa shape index (κ3) is 2.23. The second-order valence-corrected chi connectivity index (χ2v) is 5.45. The molecule has 22 heavy (non-hydrogen) atoms. The summed E-state index contributed by atoms with van der Waals surface area (Å²) in [6, 6.07) is 24.4. The molecule has 4 heteroatoms. The molecule has 2 aromatic carbocycles. The summed E-state index contributed by atoms with van der Waals surface area (Å²) in [4.78, 5) is 4.53. The highest BCUT2D eigenvalue weighted by atomic mass is 32.1. The third-order valence-electron chi connectivity index (χ3n) is 3.63. The quantitative estimate of drug-likeness (QED) is 0.543. The standard InChI is InChI=1S/C18H13N3S/c22-18-19-16(13-7-3-1-4-8-13)11-15-12-17(20-21(15)18)14-9-5-2-6-10-14/h1-12,20H. The molecule has 2 aromatic heterocycles. The van der Waals surface area contributed by atoms with Crippen LogP contribution >= 0.6 is 12.2 Å². The molecule has 0 unspecified atom stereocenters. The Bertz CT molecular complexity index is 985. The zero-order valence-electron chi connectivity index (χ0n) is 11.7. The van der Waals surface area contributed by atoms with Gasteiger partial charge in [0.25, 0.3) is 0 Å². The topological polar surface area (TPSA) is 33.1 Å². The monoisotopic (exact) mass is 303 g/mol. The number of nitrogens with one attached hydrogen (secondary N) is 1. The molecule has 0 aliphatic rings. The summed E-state index contributed by atoms with van der Waals surface area (Å²) >= 11 is 5.43. The van der Waals surface area contributed by atoms with Crippen molar-refractivity contribution in [3.63, 3.8) is 0 Å². The largest absolute Gasteiger partial charge is 0.291 e. The summed E-state index contributed by atoms with van der Waals surface area (Å²) in [6.45, 7) is 0. The van der Waals surface area contributed by atoms with Crippen LogP contribution in [-0.2, 0) is 0 Å². The molecule has 0 saturated heterocycles. The van der Waals surface area contributed by atoms with Crippen LogP contribution in [0.2, 0.25) is 0 Å². The van der Waals surface area contributed by atoms with Gasteiger partial charge in [0, 0.05) is 5.56 Å². The van der Waals surface area contributed by atoms with Crippen LogP contribution in [0.4, 0.5) is 0 Å². The van der Waals surface area contributed by atoms with E-state index in [0.717, 1.165) is 28.0 Å². The van der Waals surface area contributed by atoms with E-state index >= 15 is 0 Å². The molecule has 4 rings (SSSR count). The van der Waals surface area contributed by atoms with Gasteiger partial charge < -0.3 is 0 Å². The molecule has 3 nitrogen and oxygen atoms in total. The van der Waals surface area contributed by atoms with Gasteiger partial charge in [-0.25, -0.2) is 9.50 Å². The Labute approximate surface area is 132 Å². The highest BCUT2D eigenvalue weighted by molar-refractivity contribution is 7.71. The number of hydrogen-bond donors (Lipinski definition) is 1. The molecule has 0 atom stereocenters. The first-order chi connectivity index (χ1) is 10.8. The van der Waals surface area contributed by atoms with E-state index in [1.54, 1.807) is 0 Å². The van der Waals surface area contributed by atoms with Gasteiger partial charge in [-0.3, -0.25) is 5.10 Å². The summed E-state index contributed by atoms with van der Waals surface area (Å²) in [5.41, 5.74) is 5.13. The normalized spacial score (nSPS) is 10.9. The Balaban J connectivity index is 1.91. The van der Waals surface area contributed by atoms with Gasteiger partial charge in [0.15, 0.2) is 0 Å². The van der Waals surface area contributed by atoms with Crippen molar-refractivity contribution in [1.29, 1.82) is 0 Å². The summed E-state index contributed by atoms with van der Waals surface area (Å²) in [5, 5.41) is 3.31. The van der Waals surface area contributed by atoms with Crippen molar-refractivity contribution in [2.24, 2.45) is 0 Å². The van der Waals surface area contributed by atoms with Crippen LogP contribution in [0, 0.1) is 4.77 Å². The molecule has 0 saturated carbocycles. The predicted octanol–water partition coefficient (Wildman–Crippen LogP) is 4.73. The Morgan fingerprint density at radius 2 is 1.45 bits per heavy atom. The van der Waals surface area contributed by atoms with Crippen LogP contribution in [-0.4, -0.2) is 14.6 Å². The molecule has 0 aliphatic heterocycles. The number of H-pyrrole nitrogens is 1. The van der Waals surface area contributed by atoms with Gasteiger partial charge in [0.1, 0.15) is 0 Å². The van der Waals surface area contributed by atoms with Crippen LogP contribution < -0.4 is 0 Å². The second-order valence-electron chi connectivity index (χ2n) is 5.09. The average Bonchev–Trinajstić information content (AvgIpc) is 3.01. The van der Waals surface area contributed by atoms with E-state index in [1.807, 2.05) is 59.1 Å². The molecular formula is C18H13N3S. The Hall–Kier alpha value is -2.72. The van der Waals surface area contributed by atoms with E-state index in [4.69, 9.17) is 12.2 Å². The number of nitrogens with zero attached hydrogens (tertiary/aromatic N) is 2. The molecule has 0 amide bonds. The number of hydrogen-bond acceptors (Lipinski definition) is 2. The van der Waals surface area contributed by atoms with E-state index in [-0.39, 0.29) is 0 Å². The lowest BCUT2D eigenvalue weighted by atomic mass is 10.1. The highest BCUT2D eigenvalue weighted by Crippen LogP contribution is 2.23. The van der Waals surface area contributed by atoms with Gasteiger partial charge >= 0.3 is 0 Å². The number of rotatable bonds is 2. The van der Waals surface area contributed by atoms with Crippen LogP contribution in [0.5, 0.6) is 0 Å². The lowest BCUT2D eigenvalue weighted by Gasteiger charge is -2.01. The van der Waals surface area contributed by atoms with Crippen LogP contribution in [0.25, 0.3) is 28.0 Å². The van der Waals surface area contributed by atoms with Gasteiger partial charge in [-0.15, -0.1) is 0 Å². The van der Waals surface area contributed by atoms with E-state index in [9.17, 15) is 0 Å². The maximum atomic E-state index is 5.43. The number of fused-ring (bicyclic) bond motifs is 1. The van der Waals surface area contributed by atoms with Crippen LogP contribution in [0.3, 0.4) is 0 Å². The first kappa shape index (κ1) is 13.0. The van der Waals surface area contributed by atoms with E-state index in [1.165, 1.54) is 0 Å². The molecule has 0 fully saturated rings. The number of aromatic amines is 1. The molecule has 106 valence electrons. The van der Waals surface area contributed by atoms with Gasteiger partial charge in [-0.1, -0.05) is 60.7 Å². The summed E-state index contributed by atoms with van der Waals surface area (Å²) in [6.07, 6.45) is 0. The summed E-state index contributed by atoms with van der Waals surface area (Å²) in [7, 11) is 0. The van der Waals surface area contributed by atoms with Gasteiger partial charge in [-0.2, -0.15) is 0 Å². The fourth-order valence-corrected chi connectivity index (χ4v) is 2.79. The Kier molecular flexibility index (Phi) is 3.09. The number of benzene rings is 2. The van der Waals surface area contributed by atoms with Gasteiger partial charge in [0.05, 0.1) is 16.9 Å². The fraction of sp³-hybridized carbons (Fsp3) is 0. The average molecular weight is 303 g/mol. The molecule has 0 bridgehead atoms. The van der Waals surface area contributed by atoms with E-state index in [0.29, 0.717) is 4.77 Å². The molecular weight excluding hydrogens is 290 g/mol. The van der Waals surface area contributed by atoms with Crippen molar-refractivity contribution in [3.05, 3.63) is 77.6 Å². The lowest BCUT2D eigenvalue weighted by Crippen LogP contribution is -1.94. The Morgan fingerprint density at radius 1 is 0.818 bits per heavy atom. The zero-order valence-corrected chi connectivity index (χ0v) is 12.5. The van der Waals surface area contributed by atoms with Crippen molar-refractivity contribution in [2.45, 2.75) is 0 Å². The number of aromatic nitrogens is 3. The van der Waals surface area contributed by atoms with Gasteiger partial charge in [0.2, 0.25) is 4.77 Å². The maximum absolute atomic E-state index is 5.43. The lowest BCUT2D eigenvalue weighted by molar-refractivity contribution is 0.907. The molecule has 2 heterocycles. The van der Waals surface area contributed by atoms with Crippen molar-refractivity contribution in [1.82, 2.24) is 14.6 Å². The summed E-state index contributed by atoms with van der Waals surface area (Å²) < 4.78 is 2.36. The van der Waals surface area contributed by atoms with Gasteiger partial charge in [-0.05, 0) is 29.9 Å². The first-order valence-corrected chi connectivity index (χ1v) is 7.46. The third-order valence-corrected chi connectivity index (χ3v) is 3.90. The second kappa shape index (κ2) is 5.24. The molecule has 0 radical (unpaired) electrons. The molecule has 1 N–H and O–H groups in total. The van der Waals surface area contributed by atoms with E-state index in [2.05, 4.69) is 28.3 Å². The fourth-order valence-electron chi connectivity index (χ4n) is 2.54. The van der Waals surface area contributed by atoms with Crippen LogP contribution in [0.15, 0.2) is 72.8 Å². The van der Waals surface area contributed by atoms with Crippen molar-refractivity contribution in [2.75, 3.05) is 0 Å². The highest BCUT2D eigenvalue weighted by Gasteiger charge is 2.07. The SMILES string of the molecule is S=c1nc(-c2ccccc2)cc2cc(-c3ccccc3)[nH]n12. The van der Waals surface area contributed by atoms with E-state index < -0.39 is 0 Å². The zero-order chi connectivity index (χ0) is 14.9. The van der Waals surface area contributed by atoms with Crippen molar-refractivity contribution >= 4 is 17.7 Å². The smallest absolute Gasteiger partial charge is 0.219 e. The van der Waals surface area contributed by atoms with Crippen molar-refractivity contribution in [3.8, 4) is 22.5 Å². The van der Waals surface area contributed by atoms with Crippen LogP contribution in [0.1, 0.15) is 0 Å². The van der Waals surface area contributed by atoms with Crippen molar-refractivity contribution < 1.29 is 0 Å². The maximum Gasteiger partial charge on any atom is 0.219 e. The Morgan fingerprint density at radius 3 is 2.14 bits per heavy atom. The summed E-state index contributed by atoms with van der Waals surface area (Å²) in [5.74, 6) is 0. The molecule has 0 aliphatic carbocycles. The minimum absolute atomic E-state index is 0.526. The molecule has 4 aromatic rings. The minimum atomic E-state index is 0.526.